The van der Waals surface area contributed by atoms with E-state index in [2.05, 4.69) is 10.6 Å². The lowest BCUT2D eigenvalue weighted by Crippen LogP contribution is -2.38. The van der Waals surface area contributed by atoms with Gasteiger partial charge in [-0.3, -0.25) is 9.59 Å². The predicted molar refractivity (Wildman–Crippen MR) is 123 cm³/mol. The topological polar surface area (TPSA) is 80.6 Å². The summed E-state index contributed by atoms with van der Waals surface area (Å²) in [6.45, 7) is 1.27. The number of thiocarbonyl (C=S) groups is 1. The Hall–Kier alpha value is -2.13. The van der Waals surface area contributed by atoms with Gasteiger partial charge in [0.05, 0.1) is 22.6 Å². The summed E-state index contributed by atoms with van der Waals surface area (Å²) in [7, 11) is 0. The zero-order valence-electron chi connectivity index (χ0n) is 16.1. The maximum atomic E-state index is 11.9. The summed E-state index contributed by atoms with van der Waals surface area (Å²) in [5.74, 6) is 0.919. The molecule has 2 N–H and O–H groups in total. The van der Waals surface area contributed by atoms with Gasteiger partial charge in [0, 0.05) is 18.7 Å². The highest BCUT2D eigenvalue weighted by atomic mass is 35.5. The molecule has 2 heterocycles. The first-order valence-electron chi connectivity index (χ1n) is 9.41. The highest BCUT2D eigenvalue weighted by molar-refractivity contribution is 8.26. The van der Waals surface area contributed by atoms with E-state index >= 15 is 0 Å². The van der Waals surface area contributed by atoms with Crippen molar-refractivity contribution in [2.75, 3.05) is 19.7 Å². The van der Waals surface area contributed by atoms with Crippen LogP contribution in [0.5, 0.6) is 0 Å². The third-order valence-corrected chi connectivity index (χ3v) is 5.82. The Morgan fingerprint density at radius 2 is 2.10 bits per heavy atom. The lowest BCUT2D eigenvalue weighted by atomic mass is 10.2. The van der Waals surface area contributed by atoms with E-state index in [0.717, 1.165) is 36.8 Å². The van der Waals surface area contributed by atoms with Gasteiger partial charge in [-0.1, -0.05) is 47.7 Å². The van der Waals surface area contributed by atoms with Crippen molar-refractivity contribution in [3.8, 4) is 11.3 Å². The predicted octanol–water partition coefficient (Wildman–Crippen LogP) is 4.04. The number of furan rings is 1. The molecular weight excluding hydrogens is 444 g/mol. The zero-order valence-corrected chi connectivity index (χ0v) is 18.4. The van der Waals surface area contributed by atoms with Crippen molar-refractivity contribution < 1.29 is 18.7 Å². The number of hydrogen-bond donors (Lipinski definition) is 2. The van der Waals surface area contributed by atoms with Crippen LogP contribution in [0.25, 0.3) is 17.4 Å². The van der Waals surface area contributed by atoms with Crippen molar-refractivity contribution in [1.29, 1.82) is 0 Å². The fraction of sp³-hybridized carbons (Fsp3) is 0.286. The second kappa shape index (κ2) is 11.3. The van der Waals surface area contributed by atoms with Crippen LogP contribution in [-0.4, -0.2) is 42.3 Å². The number of thioether (sulfide) groups is 1. The maximum Gasteiger partial charge on any atom is 0.239 e. The first-order valence-corrected chi connectivity index (χ1v) is 11.0. The second-order valence-electron chi connectivity index (χ2n) is 6.53. The smallest absolute Gasteiger partial charge is 0.239 e. The normalized spacial score (nSPS) is 16.3. The molecule has 1 aliphatic rings. The van der Waals surface area contributed by atoms with Gasteiger partial charge in [0.1, 0.15) is 15.8 Å². The molecule has 6 nitrogen and oxygen atoms in total. The second-order valence-corrected chi connectivity index (χ2v) is 8.69. The average molecular weight is 465 g/mol. The third-order valence-electron chi connectivity index (χ3n) is 4.32. The molecule has 1 unspecified atom stereocenters. The Morgan fingerprint density at radius 1 is 1.27 bits per heavy atom. The Bertz CT molecular complexity index is 939. The van der Waals surface area contributed by atoms with E-state index in [4.69, 9.17) is 33.0 Å². The van der Waals surface area contributed by atoms with Crippen LogP contribution in [-0.2, 0) is 14.3 Å². The molecule has 30 heavy (non-hydrogen) atoms. The zero-order chi connectivity index (χ0) is 21.3. The number of benzene rings is 1. The summed E-state index contributed by atoms with van der Waals surface area (Å²) in [6.07, 6.45) is 4.34. The minimum absolute atomic E-state index is 0.0299. The van der Waals surface area contributed by atoms with Crippen LogP contribution in [0.1, 0.15) is 18.6 Å². The van der Waals surface area contributed by atoms with Gasteiger partial charge in [0.15, 0.2) is 6.29 Å². The summed E-state index contributed by atoms with van der Waals surface area (Å²) >= 11 is 12.5. The van der Waals surface area contributed by atoms with Crippen LogP contribution >= 0.6 is 35.6 Å². The molecular formula is C21H21ClN2O4S2. The van der Waals surface area contributed by atoms with Gasteiger partial charge in [-0.05, 0) is 43.2 Å². The Balaban J connectivity index is 1.50. The van der Waals surface area contributed by atoms with Gasteiger partial charge in [-0.2, -0.15) is 0 Å². The number of hydrogen-bond acceptors (Lipinski definition) is 6. The van der Waals surface area contributed by atoms with E-state index in [1.807, 2.05) is 18.2 Å². The maximum absolute atomic E-state index is 11.9. The first kappa shape index (κ1) is 22.6. The number of allylic oxidation sites excluding steroid dienone is 1. The summed E-state index contributed by atoms with van der Waals surface area (Å²) in [4.78, 5) is 23.7. The van der Waals surface area contributed by atoms with E-state index in [9.17, 15) is 9.59 Å². The van der Waals surface area contributed by atoms with E-state index in [1.54, 1.807) is 24.3 Å². The molecule has 0 spiro atoms. The average Bonchev–Trinajstić information content (AvgIpc) is 3.42. The highest BCUT2D eigenvalue weighted by Crippen LogP contribution is 2.30. The van der Waals surface area contributed by atoms with E-state index in [0.29, 0.717) is 38.6 Å². The van der Waals surface area contributed by atoms with Crippen molar-refractivity contribution in [1.82, 2.24) is 10.6 Å². The minimum Gasteiger partial charge on any atom is -0.457 e. The molecule has 1 amide bonds. The number of rotatable bonds is 8. The van der Waals surface area contributed by atoms with Gasteiger partial charge >= 0.3 is 0 Å². The summed E-state index contributed by atoms with van der Waals surface area (Å²) in [6, 6.07) is 10.9. The fourth-order valence-electron chi connectivity index (χ4n) is 2.86. The molecule has 1 aromatic carbocycles. The summed E-state index contributed by atoms with van der Waals surface area (Å²) in [5, 5.41) is 6.22. The molecule has 1 saturated heterocycles. The first-order chi connectivity index (χ1) is 14.5. The summed E-state index contributed by atoms with van der Waals surface area (Å²) in [5.41, 5.74) is 0.769. The van der Waals surface area contributed by atoms with Gasteiger partial charge < -0.3 is 19.8 Å². The Labute approximate surface area is 189 Å². The standard InChI is InChI=1S/C21H21ClN2O4S2/c22-18-6-2-1-5-17(18)19-8-7-14(28-19)10-16(13-25)30-21(29)24-12-20(26)23-11-15-4-3-9-27-15/h1-2,5-8,10,13,15H,3-4,9,11-12H2,(H,23,26)(H,24,29)/b16-10-. The molecule has 3 rings (SSSR count). The van der Waals surface area contributed by atoms with Gasteiger partial charge in [-0.15, -0.1) is 0 Å². The molecule has 1 atom stereocenters. The third kappa shape index (κ3) is 6.70. The summed E-state index contributed by atoms with van der Waals surface area (Å²) < 4.78 is 11.6. The monoisotopic (exact) mass is 464 g/mol. The van der Waals surface area contributed by atoms with Crippen LogP contribution in [0.4, 0.5) is 0 Å². The van der Waals surface area contributed by atoms with E-state index in [-0.39, 0.29) is 18.6 Å². The number of nitrogens with one attached hydrogen (secondary N) is 2. The van der Waals surface area contributed by atoms with Gasteiger partial charge in [0.25, 0.3) is 0 Å². The van der Waals surface area contributed by atoms with Crippen LogP contribution in [0.15, 0.2) is 45.7 Å². The van der Waals surface area contributed by atoms with Crippen LogP contribution in [0, 0.1) is 0 Å². The number of carbonyl (C=O) groups excluding carboxylic acids is 2. The molecule has 1 aromatic heterocycles. The number of ether oxygens (including phenoxy) is 1. The lowest BCUT2D eigenvalue weighted by molar-refractivity contribution is -0.120. The lowest BCUT2D eigenvalue weighted by Gasteiger charge is -2.11. The molecule has 9 heteroatoms. The van der Waals surface area contributed by atoms with E-state index in [1.165, 1.54) is 0 Å². The number of carbonyl (C=O) groups is 2. The number of aldehydes is 1. The quantitative estimate of drug-likeness (QED) is 0.346. The Kier molecular flexibility index (Phi) is 8.50. The van der Waals surface area contributed by atoms with Crippen molar-refractivity contribution in [3.05, 3.63) is 52.1 Å². The van der Waals surface area contributed by atoms with E-state index < -0.39 is 0 Å². The minimum atomic E-state index is -0.180. The highest BCUT2D eigenvalue weighted by Gasteiger charge is 2.16. The van der Waals surface area contributed by atoms with Gasteiger partial charge in [0.2, 0.25) is 5.91 Å². The molecule has 1 fully saturated rings. The van der Waals surface area contributed by atoms with Crippen molar-refractivity contribution in [3.63, 3.8) is 0 Å². The molecule has 1 aliphatic heterocycles. The van der Waals surface area contributed by atoms with Crippen molar-refractivity contribution >= 4 is 58.2 Å². The van der Waals surface area contributed by atoms with Gasteiger partial charge in [-0.25, -0.2) is 0 Å². The molecule has 0 saturated carbocycles. The van der Waals surface area contributed by atoms with Crippen molar-refractivity contribution in [2.24, 2.45) is 0 Å². The SMILES string of the molecule is O=C/C(=C/c1ccc(-c2ccccc2Cl)o1)SC(=S)NCC(=O)NCC1CCCO1. The molecule has 158 valence electrons. The fourth-order valence-corrected chi connectivity index (χ4v) is 4.03. The van der Waals surface area contributed by atoms with Crippen LogP contribution in [0.3, 0.4) is 0 Å². The van der Waals surface area contributed by atoms with Crippen molar-refractivity contribution in [2.45, 2.75) is 18.9 Å². The molecule has 0 bridgehead atoms. The van der Waals surface area contributed by atoms with Crippen LogP contribution in [0.2, 0.25) is 5.02 Å². The number of amides is 1. The van der Waals surface area contributed by atoms with Crippen LogP contribution < -0.4 is 10.6 Å². The molecule has 0 radical (unpaired) electrons. The Morgan fingerprint density at radius 3 is 2.83 bits per heavy atom. The molecule has 2 aromatic rings. The number of halogens is 1. The largest absolute Gasteiger partial charge is 0.457 e. The molecule has 0 aliphatic carbocycles.